The van der Waals surface area contributed by atoms with Crippen LogP contribution in [0.5, 0.6) is 0 Å². The quantitative estimate of drug-likeness (QED) is 0.844. The van der Waals surface area contributed by atoms with Crippen LogP contribution in [0.4, 0.5) is 11.4 Å². The highest BCUT2D eigenvalue weighted by Gasteiger charge is 2.12. The third kappa shape index (κ3) is 5.21. The third-order valence-electron chi connectivity index (χ3n) is 2.88. The standard InChI is InChI=1S/C14H22N2O3S/c1-5-14(17)16-13-8-6-7-12(11(13)3)15-10(2)9-20(4,18)19/h6-8,10,15H,5,9H2,1-4H3,(H,16,17). The van der Waals surface area contributed by atoms with Gasteiger partial charge in [0.25, 0.3) is 0 Å². The Morgan fingerprint density at radius 1 is 1.30 bits per heavy atom. The number of rotatable bonds is 6. The van der Waals surface area contributed by atoms with Gasteiger partial charge in [-0.3, -0.25) is 4.79 Å². The molecule has 0 saturated carbocycles. The second-order valence-electron chi connectivity index (χ2n) is 5.02. The van der Waals surface area contributed by atoms with Crippen molar-refractivity contribution in [2.45, 2.75) is 33.2 Å². The molecule has 0 aromatic heterocycles. The van der Waals surface area contributed by atoms with E-state index in [0.29, 0.717) is 6.42 Å². The highest BCUT2D eigenvalue weighted by atomic mass is 32.2. The van der Waals surface area contributed by atoms with E-state index in [4.69, 9.17) is 0 Å². The second-order valence-corrected chi connectivity index (χ2v) is 7.20. The van der Waals surface area contributed by atoms with Crippen molar-refractivity contribution in [2.75, 3.05) is 22.6 Å². The van der Waals surface area contributed by atoms with Crippen LogP contribution in [0.15, 0.2) is 18.2 Å². The second kappa shape index (κ2) is 6.74. The maximum absolute atomic E-state index is 11.4. The first-order valence-electron chi connectivity index (χ1n) is 6.56. The van der Waals surface area contributed by atoms with Gasteiger partial charge in [0.1, 0.15) is 9.84 Å². The van der Waals surface area contributed by atoms with E-state index in [9.17, 15) is 13.2 Å². The molecule has 6 heteroatoms. The maximum atomic E-state index is 11.4. The van der Waals surface area contributed by atoms with Crippen molar-refractivity contribution in [3.63, 3.8) is 0 Å². The number of anilines is 2. The van der Waals surface area contributed by atoms with Gasteiger partial charge in [-0.05, 0) is 31.5 Å². The molecule has 0 radical (unpaired) electrons. The van der Waals surface area contributed by atoms with E-state index in [-0.39, 0.29) is 17.7 Å². The molecule has 1 amide bonds. The van der Waals surface area contributed by atoms with E-state index < -0.39 is 9.84 Å². The summed E-state index contributed by atoms with van der Waals surface area (Å²) in [5.41, 5.74) is 2.47. The van der Waals surface area contributed by atoms with Crippen LogP contribution in [-0.4, -0.2) is 32.4 Å². The summed E-state index contributed by atoms with van der Waals surface area (Å²) in [5.74, 6) is 0.0206. The maximum Gasteiger partial charge on any atom is 0.224 e. The first-order chi connectivity index (χ1) is 9.23. The molecule has 0 aliphatic carbocycles. The van der Waals surface area contributed by atoms with Gasteiger partial charge in [-0.1, -0.05) is 13.0 Å². The lowest BCUT2D eigenvalue weighted by atomic mass is 10.1. The Bertz CT molecular complexity index is 582. The van der Waals surface area contributed by atoms with Gasteiger partial charge in [0, 0.05) is 30.1 Å². The normalized spacial score (nSPS) is 12.8. The topological polar surface area (TPSA) is 75.3 Å². The van der Waals surface area contributed by atoms with E-state index in [1.54, 1.807) is 6.92 Å². The summed E-state index contributed by atoms with van der Waals surface area (Å²) in [6.45, 7) is 5.50. The van der Waals surface area contributed by atoms with E-state index in [1.165, 1.54) is 6.26 Å². The van der Waals surface area contributed by atoms with Gasteiger partial charge >= 0.3 is 0 Å². The summed E-state index contributed by atoms with van der Waals surface area (Å²) in [5, 5.41) is 5.99. The van der Waals surface area contributed by atoms with Crippen LogP contribution >= 0.6 is 0 Å². The zero-order valence-electron chi connectivity index (χ0n) is 12.4. The fourth-order valence-electron chi connectivity index (χ4n) is 1.93. The highest BCUT2D eigenvalue weighted by molar-refractivity contribution is 7.90. The third-order valence-corrected chi connectivity index (χ3v) is 3.99. The van der Waals surface area contributed by atoms with Gasteiger partial charge < -0.3 is 10.6 Å². The molecule has 1 aromatic rings. The number of carbonyl (C=O) groups excluding carboxylic acids is 1. The molecule has 0 fully saturated rings. The molecule has 1 rings (SSSR count). The smallest absolute Gasteiger partial charge is 0.224 e. The SMILES string of the molecule is CCC(=O)Nc1cccc(NC(C)CS(C)(=O)=O)c1C. The van der Waals surface area contributed by atoms with Crippen LogP contribution in [0.25, 0.3) is 0 Å². The van der Waals surface area contributed by atoms with Crippen LogP contribution in [-0.2, 0) is 14.6 Å². The van der Waals surface area contributed by atoms with Crippen LogP contribution in [0, 0.1) is 6.92 Å². The lowest BCUT2D eigenvalue weighted by molar-refractivity contribution is -0.115. The Labute approximate surface area is 120 Å². The number of hydrogen-bond acceptors (Lipinski definition) is 4. The molecule has 20 heavy (non-hydrogen) atoms. The van der Waals surface area contributed by atoms with Gasteiger partial charge in [0.2, 0.25) is 5.91 Å². The number of nitrogens with one attached hydrogen (secondary N) is 2. The molecule has 0 saturated heterocycles. The molecule has 1 atom stereocenters. The van der Waals surface area contributed by atoms with E-state index in [0.717, 1.165) is 16.9 Å². The molecule has 0 bridgehead atoms. The molecule has 1 unspecified atom stereocenters. The van der Waals surface area contributed by atoms with Crippen LogP contribution in [0.2, 0.25) is 0 Å². The molecule has 5 nitrogen and oxygen atoms in total. The van der Waals surface area contributed by atoms with E-state index in [2.05, 4.69) is 10.6 Å². The Morgan fingerprint density at radius 3 is 2.45 bits per heavy atom. The van der Waals surface area contributed by atoms with E-state index in [1.807, 2.05) is 32.0 Å². The Hall–Kier alpha value is -1.56. The average molecular weight is 298 g/mol. The summed E-state index contributed by atoms with van der Waals surface area (Å²) in [4.78, 5) is 11.4. The molecule has 1 aromatic carbocycles. The van der Waals surface area contributed by atoms with Gasteiger partial charge in [-0.15, -0.1) is 0 Å². The molecule has 2 N–H and O–H groups in total. The highest BCUT2D eigenvalue weighted by Crippen LogP contribution is 2.24. The van der Waals surface area contributed by atoms with Crippen molar-refractivity contribution >= 4 is 27.1 Å². The summed E-state index contributed by atoms with van der Waals surface area (Å²) in [6, 6.07) is 5.33. The first-order valence-corrected chi connectivity index (χ1v) is 8.62. The number of carbonyl (C=O) groups is 1. The predicted octanol–water partition coefficient (Wildman–Crippen LogP) is 2.19. The van der Waals surface area contributed by atoms with Gasteiger partial charge in [-0.25, -0.2) is 8.42 Å². The van der Waals surface area contributed by atoms with Crippen LogP contribution < -0.4 is 10.6 Å². The predicted molar refractivity (Wildman–Crippen MR) is 82.9 cm³/mol. The van der Waals surface area contributed by atoms with Crippen molar-refractivity contribution in [3.8, 4) is 0 Å². The zero-order chi connectivity index (χ0) is 15.3. The number of benzene rings is 1. The molecular weight excluding hydrogens is 276 g/mol. The minimum Gasteiger partial charge on any atom is -0.381 e. The zero-order valence-corrected chi connectivity index (χ0v) is 13.2. The Kier molecular flexibility index (Phi) is 5.56. The van der Waals surface area contributed by atoms with Crippen molar-refractivity contribution in [1.82, 2.24) is 0 Å². The minimum absolute atomic E-state index is 0.0468. The fraction of sp³-hybridized carbons (Fsp3) is 0.500. The number of hydrogen-bond donors (Lipinski definition) is 2. The summed E-state index contributed by atoms with van der Waals surface area (Å²) in [7, 11) is -3.02. The summed E-state index contributed by atoms with van der Waals surface area (Å²) in [6.07, 6.45) is 1.64. The van der Waals surface area contributed by atoms with Crippen LogP contribution in [0.3, 0.4) is 0 Å². The lowest BCUT2D eigenvalue weighted by Crippen LogP contribution is -2.25. The van der Waals surface area contributed by atoms with Crippen molar-refractivity contribution in [3.05, 3.63) is 23.8 Å². The first kappa shape index (κ1) is 16.5. The summed E-state index contributed by atoms with van der Waals surface area (Å²) < 4.78 is 22.5. The van der Waals surface area contributed by atoms with Gasteiger partial charge in [0.05, 0.1) is 5.75 Å². The number of sulfone groups is 1. The average Bonchev–Trinajstić information content (AvgIpc) is 2.31. The minimum atomic E-state index is -3.02. The molecular formula is C14H22N2O3S. The molecule has 112 valence electrons. The molecule has 0 spiro atoms. The monoisotopic (exact) mass is 298 g/mol. The van der Waals surface area contributed by atoms with E-state index >= 15 is 0 Å². The lowest BCUT2D eigenvalue weighted by Gasteiger charge is -2.18. The molecule has 0 heterocycles. The van der Waals surface area contributed by atoms with Crippen molar-refractivity contribution in [2.24, 2.45) is 0 Å². The molecule has 0 aliphatic rings. The summed E-state index contributed by atoms with van der Waals surface area (Å²) >= 11 is 0. The number of amides is 1. The van der Waals surface area contributed by atoms with Crippen molar-refractivity contribution < 1.29 is 13.2 Å². The Morgan fingerprint density at radius 2 is 1.90 bits per heavy atom. The van der Waals surface area contributed by atoms with Crippen molar-refractivity contribution in [1.29, 1.82) is 0 Å². The van der Waals surface area contributed by atoms with Gasteiger partial charge in [0.15, 0.2) is 0 Å². The largest absolute Gasteiger partial charge is 0.381 e. The fourth-order valence-corrected chi connectivity index (χ4v) is 2.92. The molecule has 0 aliphatic heterocycles. The Balaban J connectivity index is 2.86. The van der Waals surface area contributed by atoms with Crippen LogP contribution in [0.1, 0.15) is 25.8 Å². The van der Waals surface area contributed by atoms with Gasteiger partial charge in [-0.2, -0.15) is 0 Å².